The number of nitrogens with zero attached hydrogens (tertiary/aromatic N) is 2. The second-order valence-electron chi connectivity index (χ2n) is 4.70. The molecule has 3 nitrogen and oxygen atoms in total. The van der Waals surface area contributed by atoms with Crippen molar-refractivity contribution in [3.8, 4) is 22.4 Å². The molecule has 0 aliphatic heterocycles. The van der Waals surface area contributed by atoms with Crippen LogP contribution < -0.4 is 5.73 Å². The number of aryl methyl sites for hydroxylation is 1. The Kier molecular flexibility index (Phi) is 3.62. The Labute approximate surface area is 132 Å². The molecule has 1 aromatic heterocycles. The minimum atomic E-state index is 0.531. The van der Waals surface area contributed by atoms with Crippen molar-refractivity contribution >= 4 is 29.0 Å². The van der Waals surface area contributed by atoms with Crippen molar-refractivity contribution in [1.82, 2.24) is 9.78 Å². The summed E-state index contributed by atoms with van der Waals surface area (Å²) in [5.41, 5.74) is 9.41. The standard InChI is InChI=1S/C16H13Cl2N3/c1-21-16(19)14(13-11(17)8-5-9-12(13)18)15(20-21)10-6-3-2-4-7-10/h2-9H,19H2,1H3. The highest BCUT2D eigenvalue weighted by Gasteiger charge is 2.21. The highest BCUT2D eigenvalue weighted by Crippen LogP contribution is 2.42. The Bertz CT molecular complexity index is 775. The average molecular weight is 318 g/mol. The first-order valence-corrected chi connectivity index (χ1v) is 7.17. The SMILES string of the molecule is Cn1nc(-c2ccccc2)c(-c2c(Cl)cccc2Cl)c1N. The fourth-order valence-electron chi connectivity index (χ4n) is 2.32. The summed E-state index contributed by atoms with van der Waals surface area (Å²) < 4.78 is 1.64. The van der Waals surface area contributed by atoms with Crippen molar-refractivity contribution in [3.05, 3.63) is 58.6 Å². The van der Waals surface area contributed by atoms with Crippen LogP contribution in [-0.4, -0.2) is 9.78 Å². The van der Waals surface area contributed by atoms with Gasteiger partial charge in [0, 0.05) is 18.2 Å². The molecular formula is C16H13Cl2N3. The van der Waals surface area contributed by atoms with E-state index in [-0.39, 0.29) is 0 Å². The van der Waals surface area contributed by atoms with E-state index in [9.17, 15) is 0 Å². The number of hydrogen-bond acceptors (Lipinski definition) is 2. The lowest BCUT2D eigenvalue weighted by atomic mass is 10.0. The van der Waals surface area contributed by atoms with Gasteiger partial charge in [0.05, 0.1) is 15.6 Å². The highest BCUT2D eigenvalue weighted by molar-refractivity contribution is 6.39. The summed E-state index contributed by atoms with van der Waals surface area (Å²) in [5, 5.41) is 5.62. The molecule has 0 atom stereocenters. The monoisotopic (exact) mass is 317 g/mol. The van der Waals surface area contributed by atoms with Gasteiger partial charge < -0.3 is 5.73 Å². The molecular weight excluding hydrogens is 305 g/mol. The van der Waals surface area contributed by atoms with Crippen LogP contribution in [0.3, 0.4) is 0 Å². The van der Waals surface area contributed by atoms with Crippen LogP contribution in [0.15, 0.2) is 48.5 Å². The van der Waals surface area contributed by atoms with Crippen LogP contribution in [0.5, 0.6) is 0 Å². The van der Waals surface area contributed by atoms with E-state index in [2.05, 4.69) is 5.10 Å². The third-order valence-corrected chi connectivity index (χ3v) is 3.98. The van der Waals surface area contributed by atoms with Crippen molar-refractivity contribution in [2.24, 2.45) is 7.05 Å². The Morgan fingerprint density at radius 2 is 1.52 bits per heavy atom. The van der Waals surface area contributed by atoms with Crippen LogP contribution >= 0.6 is 23.2 Å². The molecule has 0 fully saturated rings. The van der Waals surface area contributed by atoms with Crippen molar-refractivity contribution in [2.45, 2.75) is 0 Å². The van der Waals surface area contributed by atoms with E-state index in [0.717, 1.165) is 16.8 Å². The largest absolute Gasteiger partial charge is 0.383 e. The minimum absolute atomic E-state index is 0.531. The number of nitrogens with two attached hydrogens (primary N) is 1. The predicted octanol–water partition coefficient (Wildman–Crippen LogP) is 4.64. The quantitative estimate of drug-likeness (QED) is 0.748. The molecule has 0 saturated heterocycles. The van der Waals surface area contributed by atoms with Crippen molar-refractivity contribution in [2.75, 3.05) is 5.73 Å². The van der Waals surface area contributed by atoms with E-state index >= 15 is 0 Å². The van der Waals surface area contributed by atoms with Crippen molar-refractivity contribution < 1.29 is 0 Å². The zero-order valence-corrected chi connectivity index (χ0v) is 12.9. The first kappa shape index (κ1) is 14.0. The second kappa shape index (κ2) is 5.43. The fraction of sp³-hybridized carbons (Fsp3) is 0.0625. The molecule has 3 rings (SSSR count). The number of halogens is 2. The van der Waals surface area contributed by atoms with Gasteiger partial charge in [-0.05, 0) is 12.1 Å². The Hall–Kier alpha value is -1.97. The van der Waals surface area contributed by atoms with Gasteiger partial charge in [0.25, 0.3) is 0 Å². The number of rotatable bonds is 2. The van der Waals surface area contributed by atoms with Crippen LogP contribution in [-0.2, 0) is 7.05 Å². The maximum Gasteiger partial charge on any atom is 0.130 e. The Morgan fingerprint density at radius 1 is 0.905 bits per heavy atom. The van der Waals surface area contributed by atoms with Gasteiger partial charge in [0.2, 0.25) is 0 Å². The summed E-state index contributed by atoms with van der Waals surface area (Å²) >= 11 is 12.7. The average Bonchev–Trinajstić information content (AvgIpc) is 2.77. The van der Waals surface area contributed by atoms with Gasteiger partial charge in [0.15, 0.2) is 0 Å². The fourth-order valence-corrected chi connectivity index (χ4v) is 2.90. The molecule has 2 N–H and O–H groups in total. The predicted molar refractivity (Wildman–Crippen MR) is 88.5 cm³/mol. The normalized spacial score (nSPS) is 10.8. The summed E-state index contributed by atoms with van der Waals surface area (Å²) in [6, 6.07) is 15.2. The minimum Gasteiger partial charge on any atom is -0.383 e. The Balaban J connectivity index is 2.33. The maximum absolute atomic E-state index is 6.33. The summed E-state index contributed by atoms with van der Waals surface area (Å²) in [6.45, 7) is 0. The summed E-state index contributed by atoms with van der Waals surface area (Å²) in [4.78, 5) is 0. The Morgan fingerprint density at radius 3 is 2.14 bits per heavy atom. The summed E-state index contributed by atoms with van der Waals surface area (Å²) in [7, 11) is 1.80. The molecule has 0 aliphatic carbocycles. The summed E-state index contributed by atoms with van der Waals surface area (Å²) in [6.07, 6.45) is 0. The molecule has 0 unspecified atom stereocenters. The number of aromatic nitrogens is 2. The highest BCUT2D eigenvalue weighted by atomic mass is 35.5. The lowest BCUT2D eigenvalue weighted by Gasteiger charge is -2.08. The van der Waals surface area contributed by atoms with E-state index in [1.807, 2.05) is 36.4 Å². The molecule has 3 aromatic rings. The third kappa shape index (κ3) is 2.39. The van der Waals surface area contributed by atoms with Crippen LogP contribution in [0.25, 0.3) is 22.4 Å². The second-order valence-corrected chi connectivity index (χ2v) is 5.51. The van der Waals surface area contributed by atoms with Gasteiger partial charge in [-0.25, -0.2) is 0 Å². The molecule has 0 aliphatic rings. The maximum atomic E-state index is 6.33. The molecule has 0 saturated carbocycles. The van der Waals surface area contributed by atoms with Crippen LogP contribution in [0.1, 0.15) is 0 Å². The van der Waals surface area contributed by atoms with Gasteiger partial charge in [-0.15, -0.1) is 0 Å². The van der Waals surface area contributed by atoms with Gasteiger partial charge in [-0.2, -0.15) is 5.10 Å². The van der Waals surface area contributed by atoms with E-state index < -0.39 is 0 Å². The van der Waals surface area contributed by atoms with E-state index in [0.29, 0.717) is 21.4 Å². The van der Waals surface area contributed by atoms with E-state index in [4.69, 9.17) is 28.9 Å². The zero-order chi connectivity index (χ0) is 15.0. The molecule has 21 heavy (non-hydrogen) atoms. The molecule has 5 heteroatoms. The number of anilines is 1. The summed E-state index contributed by atoms with van der Waals surface area (Å²) in [5.74, 6) is 0.531. The van der Waals surface area contributed by atoms with Crippen molar-refractivity contribution in [1.29, 1.82) is 0 Å². The number of benzene rings is 2. The molecule has 0 spiro atoms. The third-order valence-electron chi connectivity index (χ3n) is 3.35. The van der Waals surface area contributed by atoms with E-state index in [1.54, 1.807) is 23.9 Å². The molecule has 1 heterocycles. The molecule has 2 aromatic carbocycles. The van der Waals surface area contributed by atoms with Crippen LogP contribution in [0.2, 0.25) is 10.0 Å². The lowest BCUT2D eigenvalue weighted by Crippen LogP contribution is -1.98. The van der Waals surface area contributed by atoms with E-state index in [1.165, 1.54) is 0 Å². The molecule has 0 bridgehead atoms. The van der Waals surface area contributed by atoms with Gasteiger partial charge in [-0.3, -0.25) is 4.68 Å². The zero-order valence-electron chi connectivity index (χ0n) is 11.3. The van der Waals surface area contributed by atoms with Crippen molar-refractivity contribution in [3.63, 3.8) is 0 Å². The first-order chi connectivity index (χ1) is 10.1. The molecule has 0 radical (unpaired) electrons. The van der Waals surface area contributed by atoms with Crippen LogP contribution in [0.4, 0.5) is 5.82 Å². The first-order valence-electron chi connectivity index (χ1n) is 6.42. The number of hydrogen-bond donors (Lipinski definition) is 1. The van der Waals surface area contributed by atoms with Crippen LogP contribution in [0, 0.1) is 0 Å². The lowest BCUT2D eigenvalue weighted by molar-refractivity contribution is 0.782. The topological polar surface area (TPSA) is 43.8 Å². The van der Waals surface area contributed by atoms with Gasteiger partial charge in [0.1, 0.15) is 11.5 Å². The molecule has 106 valence electrons. The van der Waals surface area contributed by atoms with Gasteiger partial charge in [-0.1, -0.05) is 59.6 Å². The smallest absolute Gasteiger partial charge is 0.130 e. The number of nitrogen functional groups attached to an aromatic ring is 1. The van der Waals surface area contributed by atoms with Gasteiger partial charge >= 0.3 is 0 Å². The molecule has 0 amide bonds.